The van der Waals surface area contributed by atoms with E-state index in [1.807, 2.05) is 23.9 Å². The molecule has 2 heterocycles. The lowest BCUT2D eigenvalue weighted by atomic mass is 9.95. The zero-order chi connectivity index (χ0) is 13.1. The summed E-state index contributed by atoms with van der Waals surface area (Å²) >= 11 is 2.02. The lowest BCUT2D eigenvalue weighted by Crippen LogP contribution is -2.42. The highest BCUT2D eigenvalue weighted by Crippen LogP contribution is 2.27. The van der Waals surface area contributed by atoms with Crippen molar-refractivity contribution < 1.29 is 0 Å². The van der Waals surface area contributed by atoms with Crippen molar-refractivity contribution in [2.24, 2.45) is 11.8 Å². The minimum absolute atomic E-state index is 0.337. The Morgan fingerprint density at radius 3 is 3.00 bits per heavy atom. The number of benzene rings is 1. The van der Waals surface area contributed by atoms with Gasteiger partial charge in [0.25, 0.3) is 0 Å². The summed E-state index contributed by atoms with van der Waals surface area (Å²) in [6, 6.07) is 12.8. The van der Waals surface area contributed by atoms with Crippen molar-refractivity contribution in [2.75, 3.05) is 11.5 Å². The van der Waals surface area contributed by atoms with E-state index in [4.69, 9.17) is 10.8 Å². The molecule has 0 saturated carbocycles. The number of pyridine rings is 1. The van der Waals surface area contributed by atoms with Crippen molar-refractivity contribution >= 4 is 22.7 Å². The van der Waals surface area contributed by atoms with Gasteiger partial charge in [0.05, 0.1) is 5.52 Å². The van der Waals surface area contributed by atoms with Gasteiger partial charge in [-0.15, -0.1) is 0 Å². The number of hydrogen-bond donors (Lipinski definition) is 2. The summed E-state index contributed by atoms with van der Waals surface area (Å²) in [5, 5.41) is 1.19. The third kappa shape index (κ3) is 2.91. The van der Waals surface area contributed by atoms with Crippen LogP contribution in [0.25, 0.3) is 10.9 Å². The van der Waals surface area contributed by atoms with Gasteiger partial charge in [-0.25, -0.2) is 0 Å². The molecule has 19 heavy (non-hydrogen) atoms. The Balaban J connectivity index is 1.79. The molecular formula is C15H19N3S. The average Bonchev–Trinajstić information content (AvgIpc) is 2.98. The zero-order valence-electron chi connectivity index (χ0n) is 10.9. The maximum Gasteiger partial charge on any atom is 0.0705 e. The fraction of sp³-hybridized carbons (Fsp3) is 0.400. The van der Waals surface area contributed by atoms with E-state index in [-0.39, 0.29) is 0 Å². The van der Waals surface area contributed by atoms with Crippen LogP contribution < -0.4 is 11.3 Å². The van der Waals surface area contributed by atoms with Gasteiger partial charge in [0.2, 0.25) is 0 Å². The minimum atomic E-state index is 0.337. The van der Waals surface area contributed by atoms with Gasteiger partial charge in [-0.2, -0.15) is 11.8 Å². The van der Waals surface area contributed by atoms with Crippen molar-refractivity contribution in [3.8, 4) is 0 Å². The number of thioether (sulfide) groups is 1. The molecule has 3 N–H and O–H groups in total. The first-order valence-electron chi connectivity index (χ1n) is 6.75. The number of para-hydroxylation sites is 1. The Morgan fingerprint density at radius 2 is 2.21 bits per heavy atom. The summed E-state index contributed by atoms with van der Waals surface area (Å²) in [7, 11) is 0. The molecule has 100 valence electrons. The number of fused-ring (bicyclic) bond motifs is 1. The molecular weight excluding hydrogens is 254 g/mol. The first-order chi connectivity index (χ1) is 9.36. The summed E-state index contributed by atoms with van der Waals surface area (Å²) in [5.74, 6) is 8.86. The monoisotopic (exact) mass is 273 g/mol. The van der Waals surface area contributed by atoms with Crippen molar-refractivity contribution in [1.29, 1.82) is 0 Å². The highest BCUT2D eigenvalue weighted by atomic mass is 32.2. The summed E-state index contributed by atoms with van der Waals surface area (Å²) in [5.41, 5.74) is 5.18. The standard InChI is InChI=1S/C15H19N3S/c16-18-15(12-7-8-19-10-12)9-13-6-5-11-3-1-2-4-14(11)17-13/h1-6,12,15,18H,7-10,16H2. The maximum absolute atomic E-state index is 5.73. The summed E-state index contributed by atoms with van der Waals surface area (Å²) in [6.45, 7) is 0. The number of nitrogens with one attached hydrogen (secondary N) is 1. The molecule has 2 atom stereocenters. The fourth-order valence-electron chi connectivity index (χ4n) is 2.68. The lowest BCUT2D eigenvalue weighted by molar-refractivity contribution is 0.384. The number of rotatable bonds is 4. The quantitative estimate of drug-likeness (QED) is 0.663. The van der Waals surface area contributed by atoms with Gasteiger partial charge < -0.3 is 0 Å². The summed E-state index contributed by atoms with van der Waals surface area (Å²) < 4.78 is 0. The van der Waals surface area contributed by atoms with Gasteiger partial charge in [0.1, 0.15) is 0 Å². The summed E-state index contributed by atoms with van der Waals surface area (Å²) in [4.78, 5) is 4.73. The highest BCUT2D eigenvalue weighted by Gasteiger charge is 2.25. The molecule has 2 aromatic rings. The number of aromatic nitrogens is 1. The third-order valence-electron chi connectivity index (χ3n) is 3.83. The first-order valence-corrected chi connectivity index (χ1v) is 7.91. The fourth-order valence-corrected chi connectivity index (χ4v) is 4.02. The van der Waals surface area contributed by atoms with Crippen molar-refractivity contribution in [1.82, 2.24) is 10.4 Å². The molecule has 2 unspecified atom stereocenters. The third-order valence-corrected chi connectivity index (χ3v) is 5.02. The number of hydrazine groups is 1. The summed E-state index contributed by atoms with van der Waals surface area (Å²) in [6.07, 6.45) is 2.17. The van der Waals surface area contributed by atoms with Gasteiger partial charge >= 0.3 is 0 Å². The number of hydrogen-bond acceptors (Lipinski definition) is 4. The van der Waals surface area contributed by atoms with E-state index in [0.717, 1.165) is 17.6 Å². The van der Waals surface area contributed by atoms with E-state index in [1.54, 1.807) is 0 Å². The molecule has 0 amide bonds. The van der Waals surface area contributed by atoms with E-state index < -0.39 is 0 Å². The van der Waals surface area contributed by atoms with Crippen LogP contribution in [0.1, 0.15) is 12.1 Å². The van der Waals surface area contributed by atoms with E-state index in [0.29, 0.717) is 12.0 Å². The van der Waals surface area contributed by atoms with Gasteiger partial charge in [0, 0.05) is 23.5 Å². The number of nitrogens with two attached hydrogens (primary N) is 1. The molecule has 4 heteroatoms. The predicted octanol–water partition coefficient (Wildman–Crippen LogP) is 2.36. The lowest BCUT2D eigenvalue weighted by Gasteiger charge is -2.21. The van der Waals surface area contributed by atoms with Crippen LogP contribution in [0, 0.1) is 5.92 Å². The molecule has 1 aliphatic heterocycles. The second-order valence-electron chi connectivity index (χ2n) is 5.10. The Labute approximate surface area is 117 Å². The molecule has 3 nitrogen and oxygen atoms in total. The van der Waals surface area contributed by atoms with Crippen molar-refractivity contribution in [2.45, 2.75) is 18.9 Å². The first kappa shape index (κ1) is 12.9. The smallest absolute Gasteiger partial charge is 0.0705 e. The molecule has 1 saturated heterocycles. The second-order valence-corrected chi connectivity index (χ2v) is 6.25. The Bertz CT molecular complexity index is 552. The highest BCUT2D eigenvalue weighted by molar-refractivity contribution is 7.99. The van der Waals surface area contributed by atoms with Crippen LogP contribution in [0.4, 0.5) is 0 Å². The molecule has 0 spiro atoms. The van der Waals surface area contributed by atoms with Crippen LogP contribution in [-0.2, 0) is 6.42 Å². The second kappa shape index (κ2) is 5.90. The normalized spacial score (nSPS) is 20.8. The van der Waals surface area contributed by atoms with E-state index >= 15 is 0 Å². The number of nitrogens with zero attached hydrogens (tertiary/aromatic N) is 1. The van der Waals surface area contributed by atoms with Crippen LogP contribution in [0.3, 0.4) is 0 Å². The SMILES string of the molecule is NNC(Cc1ccc2ccccc2n1)C1CCSC1. The Hall–Kier alpha value is -1.10. The predicted molar refractivity (Wildman–Crippen MR) is 82.0 cm³/mol. The molecule has 0 aliphatic carbocycles. The van der Waals surface area contributed by atoms with Crippen LogP contribution >= 0.6 is 11.8 Å². The molecule has 1 fully saturated rings. The minimum Gasteiger partial charge on any atom is -0.271 e. The largest absolute Gasteiger partial charge is 0.271 e. The van der Waals surface area contributed by atoms with Gasteiger partial charge in [-0.3, -0.25) is 16.3 Å². The molecule has 0 radical (unpaired) electrons. The van der Waals surface area contributed by atoms with Gasteiger partial charge in [-0.1, -0.05) is 24.3 Å². The van der Waals surface area contributed by atoms with Gasteiger partial charge in [-0.05, 0) is 36.0 Å². The van der Waals surface area contributed by atoms with E-state index in [9.17, 15) is 0 Å². The molecule has 1 aromatic heterocycles. The van der Waals surface area contributed by atoms with Crippen LogP contribution in [0.2, 0.25) is 0 Å². The Morgan fingerprint density at radius 1 is 1.32 bits per heavy atom. The van der Waals surface area contributed by atoms with Crippen molar-refractivity contribution in [3.63, 3.8) is 0 Å². The van der Waals surface area contributed by atoms with Crippen molar-refractivity contribution in [3.05, 3.63) is 42.1 Å². The molecule has 3 rings (SSSR count). The molecule has 1 aromatic carbocycles. The van der Waals surface area contributed by atoms with Crippen LogP contribution in [-0.4, -0.2) is 22.5 Å². The molecule has 1 aliphatic rings. The van der Waals surface area contributed by atoms with E-state index in [2.05, 4.69) is 29.7 Å². The van der Waals surface area contributed by atoms with E-state index in [1.165, 1.54) is 23.3 Å². The van der Waals surface area contributed by atoms with Crippen LogP contribution in [0.5, 0.6) is 0 Å². The zero-order valence-corrected chi connectivity index (χ0v) is 11.7. The Kier molecular flexibility index (Phi) is 4.01. The van der Waals surface area contributed by atoms with Crippen LogP contribution in [0.15, 0.2) is 36.4 Å². The van der Waals surface area contributed by atoms with Gasteiger partial charge in [0.15, 0.2) is 0 Å². The average molecular weight is 273 g/mol. The maximum atomic E-state index is 5.73. The molecule has 0 bridgehead atoms. The topological polar surface area (TPSA) is 50.9 Å².